The van der Waals surface area contributed by atoms with E-state index in [1.807, 2.05) is 56.6 Å². The zero-order valence-corrected chi connectivity index (χ0v) is 21.6. The molecule has 0 aliphatic heterocycles. The van der Waals surface area contributed by atoms with E-state index in [1.165, 1.54) is 12.1 Å². The Morgan fingerprint density at radius 3 is 2.51 bits per heavy atom. The summed E-state index contributed by atoms with van der Waals surface area (Å²) in [5.74, 6) is -0.672. The van der Waals surface area contributed by atoms with Crippen LogP contribution in [0.2, 0.25) is 0 Å². The van der Waals surface area contributed by atoms with E-state index in [4.69, 9.17) is 10.2 Å². The maximum absolute atomic E-state index is 13.4. The highest BCUT2D eigenvalue weighted by molar-refractivity contribution is 6.07. The molecule has 1 aliphatic carbocycles. The first-order chi connectivity index (χ1) is 18.7. The van der Waals surface area contributed by atoms with Crippen LogP contribution in [0, 0.1) is 12.7 Å². The predicted molar refractivity (Wildman–Crippen MR) is 146 cm³/mol. The second-order valence-electron chi connectivity index (χ2n) is 10.2. The van der Waals surface area contributed by atoms with Crippen molar-refractivity contribution >= 4 is 22.8 Å². The summed E-state index contributed by atoms with van der Waals surface area (Å²) in [7, 11) is 1.86. The number of nitrogens with two attached hydrogens (primary N) is 1. The Balaban J connectivity index is 1.33. The summed E-state index contributed by atoms with van der Waals surface area (Å²) in [5, 5.41) is 8.27. The maximum Gasteiger partial charge on any atom is 0.252 e. The van der Waals surface area contributed by atoms with Gasteiger partial charge < -0.3 is 15.5 Å². The molecule has 7 nitrogen and oxygen atoms in total. The fraction of sp³-hybridized carbons (Fsp3) is 0.194. The van der Waals surface area contributed by atoms with Crippen LogP contribution in [0.3, 0.4) is 0 Å². The van der Waals surface area contributed by atoms with Crippen LogP contribution in [0.1, 0.15) is 56.1 Å². The molecule has 2 heterocycles. The van der Waals surface area contributed by atoms with Crippen LogP contribution in [-0.2, 0) is 19.0 Å². The van der Waals surface area contributed by atoms with E-state index < -0.39 is 11.4 Å². The molecule has 0 spiro atoms. The number of hydrogen-bond donors (Lipinski definition) is 2. The van der Waals surface area contributed by atoms with Gasteiger partial charge in [-0.05, 0) is 84.5 Å². The van der Waals surface area contributed by atoms with Crippen LogP contribution < -0.4 is 11.1 Å². The van der Waals surface area contributed by atoms with Gasteiger partial charge in [0.1, 0.15) is 17.2 Å². The van der Waals surface area contributed by atoms with Crippen molar-refractivity contribution in [1.82, 2.24) is 15.1 Å². The average Bonchev–Trinajstić information content (AvgIpc) is 3.39. The Bertz CT molecular complexity index is 1750. The smallest absolute Gasteiger partial charge is 0.252 e. The van der Waals surface area contributed by atoms with Gasteiger partial charge >= 0.3 is 0 Å². The zero-order chi connectivity index (χ0) is 27.3. The molecule has 0 unspecified atom stereocenters. The summed E-state index contributed by atoms with van der Waals surface area (Å²) in [6.45, 7) is 1.97. The highest BCUT2D eigenvalue weighted by Gasteiger charge is 2.47. The molecule has 1 saturated carbocycles. The summed E-state index contributed by atoms with van der Waals surface area (Å²) in [4.78, 5) is 25.8. The van der Waals surface area contributed by atoms with Crippen LogP contribution in [0.25, 0.3) is 22.1 Å². The summed E-state index contributed by atoms with van der Waals surface area (Å²) in [6.07, 6.45) is 3.88. The molecule has 39 heavy (non-hydrogen) atoms. The Morgan fingerprint density at radius 2 is 1.85 bits per heavy atom. The Labute approximate surface area is 224 Å². The minimum absolute atomic E-state index is 0.164. The largest absolute Gasteiger partial charge is 0.460 e. The number of nitrogens with one attached hydrogen (secondary N) is 1. The quantitative estimate of drug-likeness (QED) is 0.299. The Morgan fingerprint density at radius 1 is 1.08 bits per heavy atom. The van der Waals surface area contributed by atoms with E-state index in [0.717, 1.165) is 40.8 Å². The number of primary amides is 1. The first-order valence-electron chi connectivity index (χ1n) is 12.8. The summed E-state index contributed by atoms with van der Waals surface area (Å²) in [5.41, 5.74) is 11.1. The van der Waals surface area contributed by atoms with Crippen molar-refractivity contribution in [1.29, 1.82) is 0 Å². The fourth-order valence-corrected chi connectivity index (χ4v) is 5.10. The van der Waals surface area contributed by atoms with Crippen LogP contribution in [0.4, 0.5) is 4.39 Å². The van der Waals surface area contributed by atoms with Crippen molar-refractivity contribution < 1.29 is 18.4 Å². The highest BCUT2D eigenvalue weighted by Crippen LogP contribution is 2.45. The lowest BCUT2D eigenvalue weighted by molar-refractivity contribution is 0.0928. The van der Waals surface area contributed by atoms with Gasteiger partial charge in [0.05, 0.1) is 16.8 Å². The molecule has 2 aromatic heterocycles. The number of carbonyl (C=O) groups is 2. The number of nitrogens with zero attached hydrogens (tertiary/aromatic N) is 2. The van der Waals surface area contributed by atoms with E-state index in [9.17, 15) is 14.0 Å². The maximum atomic E-state index is 13.4. The van der Waals surface area contributed by atoms with Gasteiger partial charge in [0.15, 0.2) is 0 Å². The van der Waals surface area contributed by atoms with Crippen LogP contribution in [0.5, 0.6) is 0 Å². The van der Waals surface area contributed by atoms with Gasteiger partial charge in [-0.25, -0.2) is 4.39 Å². The molecular weight excluding hydrogens is 495 g/mol. The van der Waals surface area contributed by atoms with Crippen molar-refractivity contribution in [2.75, 3.05) is 0 Å². The topological polar surface area (TPSA) is 103 Å². The Kier molecular flexibility index (Phi) is 5.83. The number of fused-ring (bicyclic) bond motifs is 1. The molecule has 8 heteroatoms. The number of carbonyl (C=O) groups excluding carboxylic acids is 2. The average molecular weight is 523 g/mol. The minimum atomic E-state index is -0.600. The van der Waals surface area contributed by atoms with Crippen LogP contribution in [-0.4, -0.2) is 21.6 Å². The predicted octanol–water partition coefficient (Wildman–Crippen LogP) is 5.39. The van der Waals surface area contributed by atoms with E-state index in [1.54, 1.807) is 22.9 Å². The third-order valence-electron chi connectivity index (χ3n) is 7.40. The molecule has 2 amide bonds. The lowest BCUT2D eigenvalue weighted by atomic mass is 9.95. The molecule has 0 saturated heterocycles. The van der Waals surface area contributed by atoms with Crippen molar-refractivity contribution in [2.24, 2.45) is 12.8 Å². The molecule has 1 aliphatic rings. The summed E-state index contributed by atoms with van der Waals surface area (Å²) >= 11 is 0. The number of furan rings is 1. The monoisotopic (exact) mass is 522 g/mol. The lowest BCUT2D eigenvalue weighted by Crippen LogP contribution is -2.35. The Hall–Kier alpha value is -4.72. The standard InChI is InChI=1S/C31H27FN4O3/c1-18-3-6-21(30(38)34-31(12-13-31)27-11-14-36(2)35-27)17-23(18)20-7-10-25-24(16-20)28(29(33)37)26(39-25)15-19-4-8-22(32)9-5-19/h3-11,14,16-17H,12-13,15H2,1-2H3,(H2,33,37)(H,34,38). The van der Waals surface area contributed by atoms with E-state index in [-0.39, 0.29) is 11.7 Å². The van der Waals surface area contributed by atoms with Crippen molar-refractivity contribution in [3.63, 3.8) is 0 Å². The number of halogens is 1. The third kappa shape index (κ3) is 4.58. The van der Waals surface area contributed by atoms with Gasteiger partial charge in [0, 0.05) is 30.6 Å². The van der Waals surface area contributed by atoms with Gasteiger partial charge in [-0.2, -0.15) is 5.10 Å². The number of amides is 2. The molecule has 0 radical (unpaired) electrons. The second kappa shape index (κ2) is 9.23. The minimum Gasteiger partial charge on any atom is -0.460 e. The molecule has 0 atom stereocenters. The number of rotatable bonds is 7. The highest BCUT2D eigenvalue weighted by atomic mass is 19.1. The summed E-state index contributed by atoms with van der Waals surface area (Å²) in [6, 6.07) is 19.1. The second-order valence-corrected chi connectivity index (χ2v) is 10.2. The van der Waals surface area contributed by atoms with Crippen molar-refractivity contribution in [3.05, 3.63) is 112 Å². The molecule has 196 valence electrons. The SMILES string of the molecule is Cc1ccc(C(=O)NC2(c3ccn(C)n3)CC2)cc1-c1ccc2oc(Cc3ccc(F)cc3)c(C(N)=O)c2c1. The van der Waals surface area contributed by atoms with Crippen LogP contribution >= 0.6 is 0 Å². The molecule has 3 N–H and O–H groups in total. The van der Waals surface area contributed by atoms with Gasteiger partial charge in [0.25, 0.3) is 11.8 Å². The molecular formula is C31H27FN4O3. The molecule has 6 rings (SSSR count). The van der Waals surface area contributed by atoms with Gasteiger partial charge in [-0.1, -0.05) is 24.3 Å². The fourth-order valence-electron chi connectivity index (χ4n) is 5.10. The molecule has 3 aromatic carbocycles. The third-order valence-corrected chi connectivity index (χ3v) is 7.40. The molecule has 0 bridgehead atoms. The van der Waals surface area contributed by atoms with Gasteiger partial charge in [-0.15, -0.1) is 0 Å². The number of benzene rings is 3. The summed E-state index contributed by atoms with van der Waals surface area (Å²) < 4.78 is 21.1. The number of aromatic nitrogens is 2. The zero-order valence-electron chi connectivity index (χ0n) is 21.6. The van der Waals surface area contributed by atoms with Gasteiger partial charge in [-0.3, -0.25) is 14.3 Å². The van der Waals surface area contributed by atoms with Crippen LogP contribution in [0.15, 0.2) is 77.3 Å². The van der Waals surface area contributed by atoms with Crippen molar-refractivity contribution in [2.45, 2.75) is 31.7 Å². The van der Waals surface area contributed by atoms with Gasteiger partial charge in [0.2, 0.25) is 0 Å². The number of hydrogen-bond acceptors (Lipinski definition) is 4. The van der Waals surface area contributed by atoms with E-state index >= 15 is 0 Å². The first kappa shape index (κ1) is 24.6. The lowest BCUT2D eigenvalue weighted by Gasteiger charge is -2.16. The normalized spacial score (nSPS) is 13.9. The van der Waals surface area contributed by atoms with Crippen molar-refractivity contribution in [3.8, 4) is 11.1 Å². The van der Waals surface area contributed by atoms with E-state index in [0.29, 0.717) is 34.3 Å². The molecule has 5 aromatic rings. The van der Waals surface area contributed by atoms with E-state index in [2.05, 4.69) is 10.4 Å². The molecule has 1 fully saturated rings. The first-order valence-corrected chi connectivity index (χ1v) is 12.8. The number of aryl methyl sites for hydroxylation is 2.